The van der Waals surface area contributed by atoms with Crippen LogP contribution >= 0.6 is 0 Å². The molecule has 1 rings (SSSR count). The molecule has 3 nitrogen and oxygen atoms in total. The summed E-state index contributed by atoms with van der Waals surface area (Å²) in [5, 5.41) is 8.67. The van der Waals surface area contributed by atoms with Crippen LogP contribution in [0.25, 0.3) is 0 Å². The van der Waals surface area contributed by atoms with Crippen LogP contribution in [0.4, 0.5) is 0 Å². The third kappa shape index (κ3) is 2.48. The number of carboxylic acid groups (broad SMARTS) is 1. The first-order valence-corrected chi connectivity index (χ1v) is 5.24. The van der Waals surface area contributed by atoms with Gasteiger partial charge in [0.2, 0.25) is 0 Å². The SMILES string of the molecule is Cc1cc(C)c(CCC(=O)O)c(C)c1C=O. The Morgan fingerprint density at radius 3 is 2.44 bits per heavy atom. The van der Waals surface area contributed by atoms with Crippen LogP contribution in [0, 0.1) is 20.8 Å². The van der Waals surface area contributed by atoms with Crippen molar-refractivity contribution in [1.29, 1.82) is 0 Å². The average molecular weight is 220 g/mol. The number of hydrogen-bond donors (Lipinski definition) is 1. The molecule has 0 radical (unpaired) electrons. The zero-order valence-electron chi connectivity index (χ0n) is 9.83. The van der Waals surface area contributed by atoms with E-state index in [0.717, 1.165) is 28.5 Å². The minimum Gasteiger partial charge on any atom is -0.481 e. The van der Waals surface area contributed by atoms with E-state index in [1.165, 1.54) is 0 Å². The first-order chi connectivity index (χ1) is 7.47. The molecule has 0 saturated carbocycles. The van der Waals surface area contributed by atoms with Crippen LogP contribution in [-0.2, 0) is 11.2 Å². The molecule has 1 N–H and O–H groups in total. The summed E-state index contributed by atoms with van der Waals surface area (Å²) in [6.45, 7) is 5.72. The number of aliphatic carboxylic acids is 1. The number of carbonyl (C=O) groups is 2. The van der Waals surface area contributed by atoms with E-state index >= 15 is 0 Å². The predicted octanol–water partition coefficient (Wildman–Crippen LogP) is 2.44. The van der Waals surface area contributed by atoms with Gasteiger partial charge in [0.25, 0.3) is 0 Å². The Morgan fingerprint density at radius 1 is 1.31 bits per heavy atom. The number of aldehydes is 1. The molecule has 3 heteroatoms. The molecule has 0 aliphatic carbocycles. The summed E-state index contributed by atoms with van der Waals surface area (Å²) in [6.07, 6.45) is 1.42. The topological polar surface area (TPSA) is 54.4 Å². The molecule has 0 aliphatic heterocycles. The molecule has 0 spiro atoms. The third-order valence-corrected chi connectivity index (χ3v) is 2.90. The van der Waals surface area contributed by atoms with Crippen LogP contribution in [0.1, 0.15) is 39.0 Å². The van der Waals surface area contributed by atoms with Gasteiger partial charge < -0.3 is 5.11 Å². The maximum Gasteiger partial charge on any atom is 0.303 e. The zero-order chi connectivity index (χ0) is 12.3. The Balaban J connectivity index is 3.17. The molecule has 0 unspecified atom stereocenters. The van der Waals surface area contributed by atoms with Crippen LogP contribution in [0.5, 0.6) is 0 Å². The first kappa shape index (κ1) is 12.4. The summed E-state index contributed by atoms with van der Waals surface area (Å²) in [5.41, 5.74) is 4.58. The number of aryl methyl sites for hydroxylation is 2. The minimum absolute atomic E-state index is 0.100. The number of rotatable bonds is 4. The van der Waals surface area contributed by atoms with Gasteiger partial charge in [-0.05, 0) is 49.4 Å². The molecule has 0 amide bonds. The van der Waals surface area contributed by atoms with E-state index in [0.29, 0.717) is 12.0 Å². The quantitative estimate of drug-likeness (QED) is 0.793. The summed E-state index contributed by atoms with van der Waals surface area (Å²) in [4.78, 5) is 21.5. The summed E-state index contributed by atoms with van der Waals surface area (Å²) in [6, 6.07) is 1.94. The maximum absolute atomic E-state index is 10.9. The molecule has 0 bridgehead atoms. The van der Waals surface area contributed by atoms with Gasteiger partial charge in [-0.3, -0.25) is 9.59 Å². The highest BCUT2D eigenvalue weighted by Crippen LogP contribution is 2.22. The smallest absolute Gasteiger partial charge is 0.303 e. The molecular weight excluding hydrogens is 204 g/mol. The molecule has 0 fully saturated rings. The fourth-order valence-electron chi connectivity index (χ4n) is 2.04. The molecule has 1 aromatic carbocycles. The van der Waals surface area contributed by atoms with Crippen molar-refractivity contribution in [3.05, 3.63) is 33.9 Å². The van der Waals surface area contributed by atoms with Crippen LogP contribution < -0.4 is 0 Å². The monoisotopic (exact) mass is 220 g/mol. The summed E-state index contributed by atoms with van der Waals surface area (Å²) >= 11 is 0. The lowest BCUT2D eigenvalue weighted by molar-refractivity contribution is -0.136. The highest BCUT2D eigenvalue weighted by Gasteiger charge is 2.11. The maximum atomic E-state index is 10.9. The van der Waals surface area contributed by atoms with E-state index in [1.54, 1.807) is 0 Å². The zero-order valence-corrected chi connectivity index (χ0v) is 9.83. The van der Waals surface area contributed by atoms with E-state index in [2.05, 4.69) is 0 Å². The molecule has 0 saturated heterocycles. The van der Waals surface area contributed by atoms with Crippen LogP contribution in [-0.4, -0.2) is 17.4 Å². The largest absolute Gasteiger partial charge is 0.481 e. The second kappa shape index (κ2) is 4.92. The molecule has 0 heterocycles. The van der Waals surface area contributed by atoms with Crippen LogP contribution in [0.15, 0.2) is 6.07 Å². The number of benzene rings is 1. The molecular formula is C13H16O3. The second-order valence-corrected chi connectivity index (χ2v) is 4.04. The lowest BCUT2D eigenvalue weighted by Crippen LogP contribution is -2.04. The van der Waals surface area contributed by atoms with Crippen molar-refractivity contribution in [2.24, 2.45) is 0 Å². The van der Waals surface area contributed by atoms with Crippen molar-refractivity contribution in [3.63, 3.8) is 0 Å². The molecule has 16 heavy (non-hydrogen) atoms. The van der Waals surface area contributed by atoms with Gasteiger partial charge in [0, 0.05) is 12.0 Å². The Kier molecular flexibility index (Phi) is 3.82. The minimum atomic E-state index is -0.813. The van der Waals surface area contributed by atoms with Gasteiger partial charge >= 0.3 is 5.97 Å². The van der Waals surface area contributed by atoms with E-state index in [4.69, 9.17) is 5.11 Å². The first-order valence-electron chi connectivity index (χ1n) is 5.24. The third-order valence-electron chi connectivity index (χ3n) is 2.90. The van der Waals surface area contributed by atoms with Gasteiger partial charge in [-0.25, -0.2) is 0 Å². The summed E-state index contributed by atoms with van der Waals surface area (Å²) in [7, 11) is 0. The van der Waals surface area contributed by atoms with Crippen molar-refractivity contribution < 1.29 is 14.7 Å². The fraction of sp³-hybridized carbons (Fsp3) is 0.385. The summed E-state index contributed by atoms with van der Waals surface area (Å²) < 4.78 is 0. The van der Waals surface area contributed by atoms with E-state index in [-0.39, 0.29) is 6.42 Å². The van der Waals surface area contributed by atoms with E-state index in [1.807, 2.05) is 26.8 Å². The fourth-order valence-corrected chi connectivity index (χ4v) is 2.04. The standard InChI is InChI=1S/C13H16O3/c1-8-6-9(2)12(7-14)10(3)11(8)4-5-13(15)16/h6-7H,4-5H2,1-3H3,(H,15,16). The predicted molar refractivity (Wildman–Crippen MR) is 62.0 cm³/mol. The van der Waals surface area contributed by atoms with Crippen molar-refractivity contribution in [3.8, 4) is 0 Å². The van der Waals surface area contributed by atoms with E-state index in [9.17, 15) is 9.59 Å². The van der Waals surface area contributed by atoms with E-state index < -0.39 is 5.97 Å². The lowest BCUT2D eigenvalue weighted by Gasteiger charge is -2.13. The molecule has 0 aromatic heterocycles. The average Bonchev–Trinajstić information content (AvgIpc) is 2.16. The Bertz CT molecular complexity index is 433. The molecule has 0 aliphatic rings. The Morgan fingerprint density at radius 2 is 1.94 bits per heavy atom. The molecule has 0 atom stereocenters. The van der Waals surface area contributed by atoms with Crippen molar-refractivity contribution in [2.75, 3.05) is 0 Å². The van der Waals surface area contributed by atoms with Gasteiger partial charge in [-0.1, -0.05) is 6.07 Å². The van der Waals surface area contributed by atoms with Crippen molar-refractivity contribution in [1.82, 2.24) is 0 Å². The van der Waals surface area contributed by atoms with Gasteiger partial charge in [0.15, 0.2) is 6.29 Å². The number of carboxylic acids is 1. The summed E-state index contributed by atoms with van der Waals surface area (Å²) in [5.74, 6) is -0.813. The Hall–Kier alpha value is -1.64. The van der Waals surface area contributed by atoms with Crippen LogP contribution in [0.3, 0.4) is 0 Å². The lowest BCUT2D eigenvalue weighted by atomic mass is 9.91. The van der Waals surface area contributed by atoms with Crippen LogP contribution in [0.2, 0.25) is 0 Å². The van der Waals surface area contributed by atoms with Crippen molar-refractivity contribution in [2.45, 2.75) is 33.6 Å². The second-order valence-electron chi connectivity index (χ2n) is 4.04. The normalized spacial score (nSPS) is 10.2. The molecule has 86 valence electrons. The van der Waals surface area contributed by atoms with Crippen molar-refractivity contribution >= 4 is 12.3 Å². The highest BCUT2D eigenvalue weighted by molar-refractivity contribution is 5.80. The number of hydrogen-bond acceptors (Lipinski definition) is 2. The Labute approximate surface area is 95.1 Å². The van der Waals surface area contributed by atoms with Gasteiger partial charge in [-0.15, -0.1) is 0 Å². The number of carbonyl (C=O) groups excluding carboxylic acids is 1. The van der Waals surface area contributed by atoms with Gasteiger partial charge in [0.1, 0.15) is 0 Å². The van der Waals surface area contributed by atoms with Gasteiger partial charge in [0.05, 0.1) is 0 Å². The van der Waals surface area contributed by atoms with Gasteiger partial charge in [-0.2, -0.15) is 0 Å². The molecule has 1 aromatic rings. The highest BCUT2D eigenvalue weighted by atomic mass is 16.4.